The van der Waals surface area contributed by atoms with Gasteiger partial charge in [-0.25, -0.2) is 14.4 Å². The van der Waals surface area contributed by atoms with Gasteiger partial charge < -0.3 is 30.2 Å². The summed E-state index contributed by atoms with van der Waals surface area (Å²) >= 11 is 0. The van der Waals surface area contributed by atoms with Crippen LogP contribution < -0.4 is 16.0 Å². The van der Waals surface area contributed by atoms with E-state index < -0.39 is 23.9 Å². The maximum absolute atomic E-state index is 11.7. The van der Waals surface area contributed by atoms with Crippen molar-refractivity contribution in [3.63, 3.8) is 0 Å². The van der Waals surface area contributed by atoms with Crippen LogP contribution in [0.15, 0.2) is 0 Å². The van der Waals surface area contributed by atoms with Crippen LogP contribution in [0.1, 0.15) is 54.9 Å². The molecule has 0 heterocycles. The average Bonchev–Trinajstić information content (AvgIpc) is 2.55. The van der Waals surface area contributed by atoms with E-state index in [-0.39, 0.29) is 25.3 Å². The van der Waals surface area contributed by atoms with Gasteiger partial charge in [-0.15, -0.1) is 0 Å². The Hall–Kier alpha value is -2.23. The summed E-state index contributed by atoms with van der Waals surface area (Å²) in [4.78, 5) is 36.9. The Morgan fingerprint density at radius 1 is 0.800 bits per heavy atom. The summed E-state index contributed by atoms with van der Waals surface area (Å²) in [6, 6.07) is 0.000743. The maximum Gasteiger partial charge on any atom is 0.407 e. The van der Waals surface area contributed by atoms with E-state index >= 15 is 0 Å². The van der Waals surface area contributed by atoms with E-state index in [4.69, 9.17) is 14.2 Å². The summed E-state index contributed by atoms with van der Waals surface area (Å²) in [7, 11) is 0. The van der Waals surface area contributed by atoms with Crippen LogP contribution in [-0.4, -0.2) is 80.3 Å². The van der Waals surface area contributed by atoms with Crippen LogP contribution in [0.3, 0.4) is 0 Å². The molecule has 0 aromatic carbocycles. The first kappa shape index (κ1) is 27.8. The maximum atomic E-state index is 11.7. The molecule has 3 N–H and O–H groups in total. The van der Waals surface area contributed by atoms with Crippen LogP contribution >= 0.6 is 0 Å². The largest absolute Gasteiger partial charge is 0.448 e. The van der Waals surface area contributed by atoms with Gasteiger partial charge in [0.05, 0.1) is 0 Å². The molecule has 10 heteroatoms. The lowest BCUT2D eigenvalue weighted by atomic mass is 10.2. The predicted molar refractivity (Wildman–Crippen MR) is 115 cm³/mol. The van der Waals surface area contributed by atoms with E-state index in [9.17, 15) is 14.4 Å². The lowest BCUT2D eigenvalue weighted by molar-refractivity contribution is 0.0522. The van der Waals surface area contributed by atoms with Crippen LogP contribution in [0.5, 0.6) is 0 Å². The van der Waals surface area contributed by atoms with E-state index in [2.05, 4.69) is 16.0 Å². The summed E-state index contributed by atoms with van der Waals surface area (Å²) in [5.41, 5.74) is -0.544. The van der Waals surface area contributed by atoms with Crippen LogP contribution in [0.2, 0.25) is 0 Å². The molecule has 0 aliphatic heterocycles. The quantitative estimate of drug-likeness (QED) is 0.320. The normalized spacial score (nSPS) is 11.4. The Morgan fingerprint density at radius 3 is 1.67 bits per heavy atom. The second kappa shape index (κ2) is 14.7. The molecule has 0 aliphatic rings. The van der Waals surface area contributed by atoms with Gasteiger partial charge >= 0.3 is 18.3 Å². The van der Waals surface area contributed by atoms with Gasteiger partial charge in [0.15, 0.2) is 0 Å². The topological polar surface area (TPSA) is 118 Å². The number of ether oxygens (including phenoxy) is 3. The Balaban J connectivity index is 4.36. The number of rotatable bonds is 12. The smallest absolute Gasteiger partial charge is 0.407 e. The molecule has 0 rings (SSSR count). The average molecular weight is 433 g/mol. The molecule has 3 amide bonds. The first-order chi connectivity index (χ1) is 13.9. The molecule has 0 aliphatic carbocycles. The van der Waals surface area contributed by atoms with E-state index in [0.29, 0.717) is 32.6 Å². The van der Waals surface area contributed by atoms with Gasteiger partial charge in [0.25, 0.3) is 0 Å². The lowest BCUT2D eigenvalue weighted by Crippen LogP contribution is -2.38. The first-order valence-electron chi connectivity index (χ1n) is 10.4. The van der Waals surface area contributed by atoms with Crippen LogP contribution in [0.25, 0.3) is 0 Å². The SMILES string of the molecule is CC(C)NC(=O)OCCN(CCCNC(=O)OC(C)(C)C)CCOC(=O)NC(C)C. The van der Waals surface area contributed by atoms with E-state index in [1.165, 1.54) is 0 Å². The third kappa shape index (κ3) is 17.8. The van der Waals surface area contributed by atoms with Crippen molar-refractivity contribution in [2.75, 3.05) is 39.4 Å². The molecule has 30 heavy (non-hydrogen) atoms. The van der Waals surface area contributed by atoms with Crippen LogP contribution in [-0.2, 0) is 14.2 Å². The number of hydrogen-bond donors (Lipinski definition) is 3. The van der Waals surface area contributed by atoms with Gasteiger partial charge in [-0.3, -0.25) is 4.90 Å². The zero-order chi connectivity index (χ0) is 23.2. The molecule has 0 saturated carbocycles. The molecule has 0 saturated heterocycles. The second-order valence-corrected chi connectivity index (χ2v) is 8.49. The summed E-state index contributed by atoms with van der Waals surface area (Å²) in [5.74, 6) is 0. The minimum atomic E-state index is -0.544. The number of hydrogen-bond acceptors (Lipinski definition) is 7. The minimum absolute atomic E-state index is 0.000372. The van der Waals surface area contributed by atoms with Crippen LogP contribution in [0.4, 0.5) is 14.4 Å². The fourth-order valence-electron chi connectivity index (χ4n) is 2.23. The molecular weight excluding hydrogens is 392 g/mol. The van der Waals surface area contributed by atoms with Crippen molar-refractivity contribution in [1.82, 2.24) is 20.9 Å². The van der Waals surface area contributed by atoms with E-state index in [1.54, 1.807) is 20.8 Å². The van der Waals surface area contributed by atoms with Crippen molar-refractivity contribution in [2.24, 2.45) is 0 Å². The molecule has 0 bridgehead atoms. The molecule has 0 aromatic rings. The van der Waals surface area contributed by atoms with Gasteiger partial charge in [0.2, 0.25) is 0 Å². The van der Waals surface area contributed by atoms with E-state index in [1.807, 2.05) is 32.6 Å². The standard InChI is InChI=1S/C20H40N4O6/c1-15(2)22-18(26)28-13-11-24(12-14-29-19(27)23-16(3)4)10-8-9-21-17(25)30-20(5,6)7/h15-16H,8-14H2,1-7H3,(H,21,25)(H,22,26)(H,23,27). The van der Waals surface area contributed by atoms with Crippen molar-refractivity contribution in [2.45, 2.75) is 72.6 Å². The molecule has 0 spiro atoms. The highest BCUT2D eigenvalue weighted by Gasteiger charge is 2.16. The molecule has 0 aromatic heterocycles. The van der Waals surface area contributed by atoms with Gasteiger partial charge in [0, 0.05) is 38.3 Å². The van der Waals surface area contributed by atoms with Gasteiger partial charge in [-0.05, 0) is 54.9 Å². The first-order valence-corrected chi connectivity index (χ1v) is 10.4. The molecular formula is C20H40N4O6. The highest BCUT2D eigenvalue weighted by molar-refractivity contribution is 5.68. The number of nitrogens with zero attached hydrogens (tertiary/aromatic N) is 1. The number of alkyl carbamates (subject to hydrolysis) is 3. The monoisotopic (exact) mass is 432 g/mol. The predicted octanol–water partition coefficient (Wildman–Crippen LogP) is 2.47. The van der Waals surface area contributed by atoms with Crippen molar-refractivity contribution >= 4 is 18.3 Å². The summed E-state index contributed by atoms with van der Waals surface area (Å²) < 4.78 is 15.5. The summed E-state index contributed by atoms with van der Waals surface area (Å²) in [5, 5.41) is 8.02. The zero-order valence-corrected chi connectivity index (χ0v) is 19.5. The number of carbonyl (C=O) groups excluding carboxylic acids is 3. The highest BCUT2D eigenvalue weighted by atomic mass is 16.6. The van der Waals surface area contributed by atoms with Gasteiger partial charge in [-0.1, -0.05) is 0 Å². The van der Waals surface area contributed by atoms with Crippen molar-refractivity contribution in [3.05, 3.63) is 0 Å². The van der Waals surface area contributed by atoms with Gasteiger partial charge in [-0.2, -0.15) is 0 Å². The zero-order valence-electron chi connectivity index (χ0n) is 19.5. The second-order valence-electron chi connectivity index (χ2n) is 8.49. The highest BCUT2D eigenvalue weighted by Crippen LogP contribution is 2.06. The molecule has 10 nitrogen and oxygen atoms in total. The Morgan fingerprint density at radius 2 is 1.27 bits per heavy atom. The molecule has 0 fully saturated rings. The lowest BCUT2D eigenvalue weighted by Gasteiger charge is -2.23. The molecule has 0 atom stereocenters. The summed E-state index contributed by atoms with van der Waals surface area (Å²) in [6.07, 6.45) is -0.736. The summed E-state index contributed by atoms with van der Waals surface area (Å²) in [6.45, 7) is 15.3. The number of carbonyl (C=O) groups is 3. The van der Waals surface area contributed by atoms with Crippen LogP contribution in [0, 0.1) is 0 Å². The number of nitrogens with one attached hydrogen (secondary N) is 3. The van der Waals surface area contributed by atoms with Crippen molar-refractivity contribution < 1.29 is 28.6 Å². The fraction of sp³-hybridized carbons (Fsp3) is 0.850. The molecule has 0 unspecified atom stereocenters. The Kier molecular flexibility index (Phi) is 13.6. The minimum Gasteiger partial charge on any atom is -0.448 e. The molecule has 176 valence electrons. The van der Waals surface area contributed by atoms with E-state index in [0.717, 1.165) is 0 Å². The fourth-order valence-corrected chi connectivity index (χ4v) is 2.23. The third-order valence-electron chi connectivity index (χ3n) is 3.41. The third-order valence-corrected chi connectivity index (χ3v) is 3.41. The van der Waals surface area contributed by atoms with Crippen molar-refractivity contribution in [1.29, 1.82) is 0 Å². The Labute approximate surface area is 180 Å². The molecule has 0 radical (unpaired) electrons. The van der Waals surface area contributed by atoms with Crippen molar-refractivity contribution in [3.8, 4) is 0 Å². The number of amides is 3. The Bertz CT molecular complexity index is 492. The van der Waals surface area contributed by atoms with Gasteiger partial charge in [0.1, 0.15) is 18.8 Å².